The van der Waals surface area contributed by atoms with Crippen LogP contribution in [0.4, 0.5) is 0 Å². The summed E-state index contributed by atoms with van der Waals surface area (Å²) >= 11 is 0. The van der Waals surface area contributed by atoms with Gasteiger partial charge in [0.25, 0.3) is 0 Å². The smallest absolute Gasteiger partial charge is 0.304 e. The van der Waals surface area contributed by atoms with Crippen molar-refractivity contribution in [1.82, 2.24) is 4.90 Å². The zero-order valence-electron chi connectivity index (χ0n) is 9.32. The van der Waals surface area contributed by atoms with E-state index in [1.165, 1.54) is 32.1 Å². The van der Waals surface area contributed by atoms with Crippen molar-refractivity contribution in [3.63, 3.8) is 0 Å². The number of likely N-dealkylation sites (tertiary alicyclic amines) is 1. The van der Waals surface area contributed by atoms with Crippen LogP contribution in [0.25, 0.3) is 0 Å². The fourth-order valence-electron chi connectivity index (χ4n) is 2.54. The van der Waals surface area contributed by atoms with Crippen LogP contribution in [0.1, 0.15) is 44.9 Å². The van der Waals surface area contributed by atoms with Crippen LogP contribution in [-0.4, -0.2) is 35.1 Å². The zero-order chi connectivity index (χ0) is 10.7. The summed E-state index contributed by atoms with van der Waals surface area (Å²) in [4.78, 5) is 13.1. The van der Waals surface area contributed by atoms with E-state index in [4.69, 9.17) is 5.11 Å². The maximum atomic E-state index is 10.7. The number of hydrogen-bond donors (Lipinski definition) is 1. The molecule has 1 saturated carbocycles. The number of piperidine rings is 1. The molecule has 0 aromatic carbocycles. The highest BCUT2D eigenvalue weighted by molar-refractivity contribution is 5.67. The lowest BCUT2D eigenvalue weighted by Gasteiger charge is -2.34. The second-order valence-corrected chi connectivity index (χ2v) is 5.02. The Balaban J connectivity index is 1.78. The average molecular weight is 211 g/mol. The van der Waals surface area contributed by atoms with Gasteiger partial charge in [0.2, 0.25) is 0 Å². The summed E-state index contributed by atoms with van der Waals surface area (Å²) in [5.41, 5.74) is 0. The van der Waals surface area contributed by atoms with Crippen LogP contribution in [0.3, 0.4) is 0 Å². The molecule has 3 heteroatoms. The van der Waals surface area contributed by atoms with Crippen molar-refractivity contribution in [2.75, 3.05) is 13.1 Å². The van der Waals surface area contributed by atoms with E-state index in [0.717, 1.165) is 25.4 Å². The number of nitrogens with zero attached hydrogens (tertiary/aromatic N) is 1. The predicted octanol–water partition coefficient (Wildman–Crippen LogP) is 2.12. The molecule has 1 aliphatic carbocycles. The maximum absolute atomic E-state index is 10.7. The molecule has 2 aliphatic rings. The number of aliphatic carboxylic acids is 1. The van der Waals surface area contributed by atoms with Gasteiger partial charge in [-0.1, -0.05) is 19.3 Å². The van der Waals surface area contributed by atoms with E-state index in [2.05, 4.69) is 4.90 Å². The molecule has 86 valence electrons. The largest absolute Gasteiger partial charge is 0.481 e. The van der Waals surface area contributed by atoms with E-state index in [-0.39, 0.29) is 0 Å². The van der Waals surface area contributed by atoms with E-state index < -0.39 is 5.97 Å². The van der Waals surface area contributed by atoms with Crippen molar-refractivity contribution in [1.29, 1.82) is 0 Å². The summed E-state index contributed by atoms with van der Waals surface area (Å²) in [6, 6.07) is 0.315. The minimum atomic E-state index is -0.640. The number of hydrogen-bond acceptors (Lipinski definition) is 2. The Morgan fingerprint density at radius 1 is 1.27 bits per heavy atom. The molecule has 0 bridgehead atoms. The molecule has 0 aromatic rings. The minimum Gasteiger partial charge on any atom is -0.481 e. The van der Waals surface area contributed by atoms with Crippen molar-refractivity contribution in [2.24, 2.45) is 5.92 Å². The molecule has 0 spiro atoms. The molecule has 15 heavy (non-hydrogen) atoms. The summed E-state index contributed by atoms with van der Waals surface area (Å²) in [5.74, 6) is 0.315. The number of carbonyl (C=O) groups is 1. The quantitative estimate of drug-likeness (QED) is 0.757. The van der Waals surface area contributed by atoms with Crippen molar-refractivity contribution in [3.05, 3.63) is 0 Å². The number of carboxylic acids is 1. The highest BCUT2D eigenvalue weighted by Gasteiger charge is 2.27. The molecule has 0 radical (unpaired) electrons. The lowest BCUT2D eigenvalue weighted by molar-refractivity contribution is -0.138. The minimum absolute atomic E-state index is 0.315. The highest BCUT2D eigenvalue weighted by Crippen LogP contribution is 2.33. The Morgan fingerprint density at radius 3 is 2.73 bits per heavy atom. The third-order valence-electron chi connectivity index (χ3n) is 3.68. The van der Waals surface area contributed by atoms with Gasteiger partial charge in [-0.15, -0.1) is 0 Å². The Hall–Kier alpha value is -0.570. The van der Waals surface area contributed by atoms with Gasteiger partial charge >= 0.3 is 5.97 Å². The van der Waals surface area contributed by atoms with E-state index >= 15 is 0 Å². The van der Waals surface area contributed by atoms with E-state index in [9.17, 15) is 4.79 Å². The van der Waals surface area contributed by atoms with Gasteiger partial charge in [0, 0.05) is 6.04 Å². The van der Waals surface area contributed by atoms with Crippen LogP contribution in [0.2, 0.25) is 0 Å². The van der Waals surface area contributed by atoms with Crippen LogP contribution in [0, 0.1) is 5.92 Å². The van der Waals surface area contributed by atoms with Crippen molar-refractivity contribution in [2.45, 2.75) is 51.0 Å². The molecule has 0 aromatic heterocycles. The number of carboxylic acid groups (broad SMARTS) is 1. The Morgan fingerprint density at radius 2 is 2.07 bits per heavy atom. The van der Waals surface area contributed by atoms with Gasteiger partial charge in [0.1, 0.15) is 0 Å². The molecule has 2 fully saturated rings. The lowest BCUT2D eigenvalue weighted by Crippen LogP contribution is -2.41. The first kappa shape index (κ1) is 10.9. The van der Waals surface area contributed by atoms with Crippen LogP contribution in [0.5, 0.6) is 0 Å². The fourth-order valence-corrected chi connectivity index (χ4v) is 2.54. The second-order valence-electron chi connectivity index (χ2n) is 5.02. The summed E-state index contributed by atoms with van der Waals surface area (Å²) in [6.07, 6.45) is 7.96. The maximum Gasteiger partial charge on any atom is 0.304 e. The second kappa shape index (κ2) is 4.97. The molecule has 1 N–H and O–H groups in total. The Kier molecular flexibility index (Phi) is 3.62. The van der Waals surface area contributed by atoms with Crippen molar-refractivity contribution >= 4 is 5.97 Å². The van der Waals surface area contributed by atoms with Gasteiger partial charge in [0.15, 0.2) is 0 Å². The summed E-state index contributed by atoms with van der Waals surface area (Å²) in [5, 5.41) is 8.85. The third kappa shape index (κ3) is 3.49. The van der Waals surface area contributed by atoms with Crippen molar-refractivity contribution < 1.29 is 9.90 Å². The van der Waals surface area contributed by atoms with Crippen molar-refractivity contribution in [3.8, 4) is 0 Å². The first-order valence-electron chi connectivity index (χ1n) is 6.21. The fraction of sp³-hybridized carbons (Fsp3) is 0.917. The van der Waals surface area contributed by atoms with E-state index in [1.54, 1.807) is 0 Å². The average Bonchev–Trinajstić information content (AvgIpc) is 2.99. The van der Waals surface area contributed by atoms with Gasteiger partial charge in [-0.25, -0.2) is 0 Å². The van der Waals surface area contributed by atoms with Crippen LogP contribution in [-0.2, 0) is 4.79 Å². The molecule has 1 atom stereocenters. The molecule has 3 nitrogen and oxygen atoms in total. The van der Waals surface area contributed by atoms with Gasteiger partial charge in [-0.2, -0.15) is 0 Å². The normalized spacial score (nSPS) is 27.9. The SMILES string of the molecule is O=C(O)CC1CCCCN1CCC1CC1. The summed E-state index contributed by atoms with van der Waals surface area (Å²) < 4.78 is 0. The molecule has 1 aliphatic heterocycles. The van der Waals surface area contributed by atoms with Gasteiger partial charge in [0.05, 0.1) is 6.42 Å². The van der Waals surface area contributed by atoms with Gasteiger partial charge in [-0.3, -0.25) is 9.69 Å². The van der Waals surface area contributed by atoms with Crippen LogP contribution >= 0.6 is 0 Å². The van der Waals surface area contributed by atoms with Crippen LogP contribution in [0.15, 0.2) is 0 Å². The topological polar surface area (TPSA) is 40.5 Å². The zero-order valence-corrected chi connectivity index (χ0v) is 9.32. The molecular weight excluding hydrogens is 190 g/mol. The lowest BCUT2D eigenvalue weighted by atomic mass is 9.99. The van der Waals surface area contributed by atoms with E-state index in [1.807, 2.05) is 0 Å². The van der Waals surface area contributed by atoms with E-state index in [0.29, 0.717) is 12.5 Å². The Bertz CT molecular complexity index is 226. The van der Waals surface area contributed by atoms with Crippen LogP contribution < -0.4 is 0 Å². The molecule has 1 saturated heterocycles. The summed E-state index contributed by atoms with van der Waals surface area (Å²) in [6.45, 7) is 2.24. The first-order valence-corrected chi connectivity index (χ1v) is 6.21. The molecule has 0 amide bonds. The number of rotatable bonds is 5. The molecule has 1 heterocycles. The highest BCUT2D eigenvalue weighted by atomic mass is 16.4. The van der Waals surface area contributed by atoms with Gasteiger partial charge in [-0.05, 0) is 38.3 Å². The standard InChI is InChI=1S/C12H21NO2/c14-12(15)9-11-3-1-2-7-13(11)8-6-10-4-5-10/h10-11H,1-9H2,(H,14,15). The third-order valence-corrected chi connectivity index (χ3v) is 3.68. The first-order chi connectivity index (χ1) is 7.25. The molecule has 1 unspecified atom stereocenters. The molecule has 2 rings (SSSR count). The monoisotopic (exact) mass is 211 g/mol. The summed E-state index contributed by atoms with van der Waals surface area (Å²) in [7, 11) is 0. The Labute approximate surface area is 91.5 Å². The predicted molar refractivity (Wildman–Crippen MR) is 58.8 cm³/mol. The molecular formula is C12H21NO2. The van der Waals surface area contributed by atoms with Gasteiger partial charge < -0.3 is 5.11 Å².